The highest BCUT2D eigenvalue weighted by molar-refractivity contribution is 5.27. The van der Waals surface area contributed by atoms with Gasteiger partial charge in [0.2, 0.25) is 0 Å². The predicted octanol–water partition coefficient (Wildman–Crippen LogP) is 3.69. The molecule has 23 heavy (non-hydrogen) atoms. The van der Waals surface area contributed by atoms with Crippen LogP contribution in [-0.2, 0) is 0 Å². The van der Waals surface area contributed by atoms with Crippen molar-refractivity contribution in [2.75, 3.05) is 13.1 Å². The number of nitrogens with one attached hydrogen (secondary N) is 2. The first-order valence-electron chi connectivity index (χ1n) is 9.83. The zero-order chi connectivity index (χ0) is 15.3. The molecule has 5 fully saturated rings. The van der Waals surface area contributed by atoms with Gasteiger partial charge in [0.15, 0.2) is 0 Å². The van der Waals surface area contributed by atoms with Gasteiger partial charge >= 0.3 is 0 Å². The highest BCUT2D eigenvalue weighted by Crippen LogP contribution is 2.55. The Morgan fingerprint density at radius 3 is 2.13 bits per heavy atom. The first-order valence-corrected chi connectivity index (χ1v) is 9.83. The Labute approximate surface area is 140 Å². The van der Waals surface area contributed by atoms with E-state index in [1.54, 1.807) is 19.3 Å². The van der Waals surface area contributed by atoms with E-state index < -0.39 is 0 Å². The van der Waals surface area contributed by atoms with Crippen molar-refractivity contribution in [3.63, 3.8) is 0 Å². The second-order valence-corrected chi connectivity index (χ2v) is 8.94. The van der Waals surface area contributed by atoms with Crippen LogP contribution in [0.25, 0.3) is 0 Å². The van der Waals surface area contributed by atoms with Gasteiger partial charge in [0, 0.05) is 30.6 Å². The molecule has 5 aliphatic carbocycles. The van der Waals surface area contributed by atoms with Crippen molar-refractivity contribution in [2.24, 2.45) is 17.8 Å². The zero-order valence-electron chi connectivity index (χ0n) is 14.1. The van der Waals surface area contributed by atoms with E-state index in [2.05, 4.69) is 41.0 Å². The van der Waals surface area contributed by atoms with Gasteiger partial charge in [-0.05, 0) is 68.3 Å². The fraction of sp³-hybridized carbons (Fsp3) is 0.714. The molecule has 0 amide bonds. The maximum absolute atomic E-state index is 4.00. The summed E-state index contributed by atoms with van der Waals surface area (Å²) in [6, 6.07) is 11.7. The first-order chi connectivity index (χ1) is 11.3. The van der Waals surface area contributed by atoms with Gasteiger partial charge in [-0.2, -0.15) is 0 Å². The van der Waals surface area contributed by atoms with E-state index in [1.807, 2.05) is 0 Å². The van der Waals surface area contributed by atoms with Crippen molar-refractivity contribution in [3.05, 3.63) is 35.9 Å². The van der Waals surface area contributed by atoms with Crippen LogP contribution in [0.3, 0.4) is 0 Å². The Morgan fingerprint density at radius 1 is 0.826 bits per heavy atom. The van der Waals surface area contributed by atoms with E-state index in [4.69, 9.17) is 0 Å². The molecule has 2 nitrogen and oxygen atoms in total. The van der Waals surface area contributed by atoms with Gasteiger partial charge in [0.05, 0.1) is 0 Å². The van der Waals surface area contributed by atoms with Crippen molar-refractivity contribution in [3.8, 4) is 0 Å². The van der Waals surface area contributed by atoms with Gasteiger partial charge < -0.3 is 10.6 Å². The molecule has 0 aliphatic heterocycles. The standard InChI is InChI=1S/C21H30N2/c1-2-4-18(5-3-1)19-11-20(19)22-6-7-23-21-12-15-8-16(13-21)10-17(9-15)14-21/h1-5,15-17,19-20,22-23H,6-14H2/t15?,16?,17?,19-,20+,21?/m1/s1. The molecule has 5 aliphatic rings. The summed E-state index contributed by atoms with van der Waals surface area (Å²) in [4.78, 5) is 0. The fourth-order valence-corrected chi connectivity index (χ4v) is 6.40. The molecule has 0 heterocycles. The quantitative estimate of drug-likeness (QED) is 0.783. The Bertz CT molecular complexity index is 517. The molecule has 2 atom stereocenters. The van der Waals surface area contributed by atoms with Crippen LogP contribution in [0.15, 0.2) is 30.3 Å². The fourth-order valence-electron chi connectivity index (χ4n) is 6.40. The summed E-state index contributed by atoms with van der Waals surface area (Å²) in [5.74, 6) is 3.91. The molecule has 0 unspecified atom stereocenters. The van der Waals surface area contributed by atoms with Crippen LogP contribution >= 0.6 is 0 Å². The molecule has 1 aromatic carbocycles. The molecule has 5 saturated carbocycles. The SMILES string of the molecule is c1ccc([C@H]2C[C@@H]2NCCNC23CC4CC(CC(C4)C2)C3)cc1. The van der Waals surface area contributed by atoms with Crippen LogP contribution in [0.1, 0.15) is 56.4 Å². The lowest BCUT2D eigenvalue weighted by Crippen LogP contribution is -2.59. The predicted molar refractivity (Wildman–Crippen MR) is 94.5 cm³/mol. The van der Waals surface area contributed by atoms with Gasteiger partial charge in [0.25, 0.3) is 0 Å². The summed E-state index contributed by atoms with van der Waals surface area (Å²) in [6.07, 6.45) is 10.3. The van der Waals surface area contributed by atoms with Gasteiger partial charge in [-0.25, -0.2) is 0 Å². The molecule has 0 radical (unpaired) electrons. The topological polar surface area (TPSA) is 24.1 Å². The lowest BCUT2D eigenvalue weighted by molar-refractivity contribution is -0.0192. The normalized spacial score (nSPS) is 43.7. The van der Waals surface area contributed by atoms with E-state index in [0.29, 0.717) is 5.54 Å². The van der Waals surface area contributed by atoms with Gasteiger partial charge in [-0.15, -0.1) is 0 Å². The Kier molecular flexibility index (Phi) is 3.52. The second-order valence-electron chi connectivity index (χ2n) is 8.94. The third kappa shape index (κ3) is 2.85. The number of hydrogen-bond acceptors (Lipinski definition) is 2. The van der Waals surface area contributed by atoms with E-state index in [-0.39, 0.29) is 0 Å². The highest BCUT2D eigenvalue weighted by Gasteiger charge is 2.50. The summed E-state index contributed by atoms with van der Waals surface area (Å²) in [6.45, 7) is 2.29. The van der Waals surface area contributed by atoms with E-state index >= 15 is 0 Å². The van der Waals surface area contributed by atoms with E-state index in [9.17, 15) is 0 Å². The van der Waals surface area contributed by atoms with Crippen molar-refractivity contribution in [2.45, 2.75) is 62.4 Å². The van der Waals surface area contributed by atoms with Crippen LogP contribution in [0, 0.1) is 17.8 Å². The molecular weight excluding hydrogens is 280 g/mol. The molecular formula is C21H30N2. The average molecular weight is 310 g/mol. The van der Waals surface area contributed by atoms with Crippen molar-refractivity contribution in [1.82, 2.24) is 10.6 Å². The monoisotopic (exact) mass is 310 g/mol. The molecule has 0 spiro atoms. The summed E-state index contributed by atoms with van der Waals surface area (Å²) >= 11 is 0. The van der Waals surface area contributed by atoms with E-state index in [0.717, 1.165) is 42.8 Å². The summed E-state index contributed by atoms with van der Waals surface area (Å²) in [7, 11) is 0. The number of rotatable bonds is 6. The Balaban J connectivity index is 1.09. The van der Waals surface area contributed by atoms with Crippen LogP contribution in [-0.4, -0.2) is 24.7 Å². The molecule has 1 aromatic rings. The second kappa shape index (κ2) is 5.60. The summed E-state index contributed by atoms with van der Waals surface area (Å²) in [5.41, 5.74) is 2.04. The van der Waals surface area contributed by atoms with Gasteiger partial charge in [-0.3, -0.25) is 0 Å². The lowest BCUT2D eigenvalue weighted by atomic mass is 9.53. The maximum Gasteiger partial charge on any atom is 0.0190 e. The van der Waals surface area contributed by atoms with Crippen LogP contribution < -0.4 is 10.6 Å². The third-order valence-electron chi connectivity index (χ3n) is 7.09. The number of benzene rings is 1. The van der Waals surface area contributed by atoms with Crippen molar-refractivity contribution in [1.29, 1.82) is 0 Å². The molecule has 4 bridgehead atoms. The van der Waals surface area contributed by atoms with Gasteiger partial charge in [-0.1, -0.05) is 30.3 Å². The van der Waals surface area contributed by atoms with Crippen LogP contribution in [0.2, 0.25) is 0 Å². The molecule has 124 valence electrons. The van der Waals surface area contributed by atoms with Crippen molar-refractivity contribution >= 4 is 0 Å². The van der Waals surface area contributed by atoms with Gasteiger partial charge in [0.1, 0.15) is 0 Å². The van der Waals surface area contributed by atoms with Crippen LogP contribution in [0.5, 0.6) is 0 Å². The molecule has 2 heteroatoms. The summed E-state index contributed by atoms with van der Waals surface area (Å²) in [5, 5.41) is 7.78. The Hall–Kier alpha value is -0.860. The first kappa shape index (κ1) is 14.5. The molecule has 0 aromatic heterocycles. The Morgan fingerprint density at radius 2 is 1.48 bits per heavy atom. The highest BCUT2D eigenvalue weighted by atomic mass is 15.0. The molecule has 6 rings (SSSR count). The third-order valence-corrected chi connectivity index (χ3v) is 7.09. The number of hydrogen-bond donors (Lipinski definition) is 2. The molecule has 0 saturated heterocycles. The largest absolute Gasteiger partial charge is 0.312 e. The minimum Gasteiger partial charge on any atom is -0.312 e. The zero-order valence-corrected chi connectivity index (χ0v) is 14.1. The summed E-state index contributed by atoms with van der Waals surface area (Å²) < 4.78 is 0. The minimum absolute atomic E-state index is 0.527. The van der Waals surface area contributed by atoms with Crippen molar-refractivity contribution < 1.29 is 0 Å². The minimum atomic E-state index is 0.527. The van der Waals surface area contributed by atoms with Crippen LogP contribution in [0.4, 0.5) is 0 Å². The van der Waals surface area contributed by atoms with E-state index in [1.165, 1.54) is 31.2 Å². The average Bonchev–Trinajstić information content (AvgIpc) is 3.31. The molecule has 2 N–H and O–H groups in total. The lowest BCUT2D eigenvalue weighted by Gasteiger charge is -2.57. The maximum atomic E-state index is 4.00. The smallest absolute Gasteiger partial charge is 0.0190 e.